The predicted octanol–water partition coefficient (Wildman–Crippen LogP) is 5.65. The van der Waals surface area contributed by atoms with Crippen LogP contribution >= 0.6 is 0 Å². The predicted molar refractivity (Wildman–Crippen MR) is 116 cm³/mol. The van der Waals surface area contributed by atoms with E-state index in [1.807, 2.05) is 54.6 Å². The van der Waals surface area contributed by atoms with Gasteiger partial charge < -0.3 is 10.6 Å². The molecule has 140 valence electrons. The van der Waals surface area contributed by atoms with Crippen LogP contribution in [0.4, 0.5) is 17.3 Å². The minimum absolute atomic E-state index is 0.111. The zero-order valence-corrected chi connectivity index (χ0v) is 16.3. The van der Waals surface area contributed by atoms with Crippen molar-refractivity contribution in [1.82, 2.24) is 15.0 Å². The lowest BCUT2D eigenvalue weighted by Gasteiger charge is -2.22. The molecule has 0 aliphatic heterocycles. The Morgan fingerprint density at radius 1 is 0.786 bits per heavy atom. The van der Waals surface area contributed by atoms with E-state index in [2.05, 4.69) is 48.5 Å². The van der Waals surface area contributed by atoms with Crippen molar-refractivity contribution < 1.29 is 0 Å². The van der Waals surface area contributed by atoms with E-state index in [-0.39, 0.29) is 5.54 Å². The van der Waals surface area contributed by atoms with E-state index in [0.717, 1.165) is 33.8 Å². The molecule has 0 bridgehead atoms. The topological polar surface area (TPSA) is 62.7 Å². The molecule has 0 saturated carbocycles. The maximum Gasteiger partial charge on any atom is 0.163 e. The highest BCUT2D eigenvalue weighted by atomic mass is 15.1. The Hall–Kier alpha value is -3.47. The van der Waals surface area contributed by atoms with Crippen LogP contribution in [0.3, 0.4) is 0 Å². The van der Waals surface area contributed by atoms with E-state index in [1.165, 1.54) is 0 Å². The Morgan fingerprint density at radius 3 is 2.32 bits per heavy atom. The van der Waals surface area contributed by atoms with Crippen molar-refractivity contribution in [1.29, 1.82) is 0 Å². The minimum Gasteiger partial charge on any atom is -0.365 e. The zero-order chi connectivity index (χ0) is 19.6. The summed E-state index contributed by atoms with van der Waals surface area (Å²) in [5, 5.41) is 7.96. The van der Waals surface area contributed by atoms with Gasteiger partial charge in [-0.3, -0.25) is 4.98 Å². The third-order valence-electron chi connectivity index (χ3n) is 4.16. The lowest BCUT2D eigenvalue weighted by Crippen LogP contribution is -2.26. The monoisotopic (exact) mass is 369 g/mol. The molecular formula is C23H23N5. The Bertz CT molecular complexity index is 1100. The van der Waals surface area contributed by atoms with E-state index in [0.29, 0.717) is 5.82 Å². The van der Waals surface area contributed by atoms with Gasteiger partial charge >= 0.3 is 0 Å². The standard InChI is InChI=1S/C23H23N5/c1-23(2,3)28-20-15-19(26-22(27-20)17-9-5-4-6-10-17)25-18-13-7-11-16-12-8-14-24-21(16)18/h4-15H,1-3H3,(H2,25,26,27,28). The van der Waals surface area contributed by atoms with Crippen LogP contribution in [0.5, 0.6) is 0 Å². The Kier molecular flexibility index (Phi) is 4.65. The molecule has 2 heterocycles. The summed E-state index contributed by atoms with van der Waals surface area (Å²) in [6.07, 6.45) is 1.80. The first kappa shape index (κ1) is 17.9. The molecule has 2 aromatic heterocycles. The Morgan fingerprint density at radius 2 is 1.54 bits per heavy atom. The van der Waals surface area contributed by atoms with Crippen molar-refractivity contribution in [3.8, 4) is 11.4 Å². The van der Waals surface area contributed by atoms with Gasteiger partial charge in [0, 0.05) is 28.8 Å². The second kappa shape index (κ2) is 7.27. The molecule has 0 amide bonds. The van der Waals surface area contributed by atoms with Crippen LogP contribution < -0.4 is 10.6 Å². The largest absolute Gasteiger partial charge is 0.365 e. The van der Waals surface area contributed by atoms with Crippen LogP contribution in [0.15, 0.2) is 72.9 Å². The maximum atomic E-state index is 4.75. The number of rotatable bonds is 4. The number of hydrogen-bond acceptors (Lipinski definition) is 5. The van der Waals surface area contributed by atoms with E-state index in [1.54, 1.807) is 6.20 Å². The number of nitrogens with one attached hydrogen (secondary N) is 2. The van der Waals surface area contributed by atoms with Crippen LogP contribution in [0.2, 0.25) is 0 Å². The smallest absolute Gasteiger partial charge is 0.163 e. The number of fused-ring (bicyclic) bond motifs is 1. The van der Waals surface area contributed by atoms with Crippen molar-refractivity contribution in [3.63, 3.8) is 0 Å². The molecule has 2 N–H and O–H groups in total. The Balaban J connectivity index is 1.78. The van der Waals surface area contributed by atoms with Gasteiger partial charge in [-0.25, -0.2) is 9.97 Å². The molecule has 0 unspecified atom stereocenters. The van der Waals surface area contributed by atoms with E-state index < -0.39 is 0 Å². The molecule has 0 fully saturated rings. The molecule has 0 aliphatic rings. The van der Waals surface area contributed by atoms with Gasteiger partial charge in [0.25, 0.3) is 0 Å². The fourth-order valence-electron chi connectivity index (χ4n) is 3.02. The van der Waals surface area contributed by atoms with Crippen molar-refractivity contribution >= 4 is 28.2 Å². The van der Waals surface area contributed by atoms with Crippen LogP contribution in [-0.4, -0.2) is 20.5 Å². The lowest BCUT2D eigenvalue weighted by atomic mass is 10.1. The summed E-state index contributed by atoms with van der Waals surface area (Å²) in [5.41, 5.74) is 2.69. The molecule has 5 heteroatoms. The van der Waals surface area contributed by atoms with Gasteiger partial charge in [-0.05, 0) is 32.9 Å². The van der Waals surface area contributed by atoms with E-state index in [4.69, 9.17) is 9.97 Å². The summed E-state index contributed by atoms with van der Waals surface area (Å²) in [5.74, 6) is 2.17. The molecular weight excluding hydrogens is 346 g/mol. The molecule has 2 aromatic carbocycles. The number of para-hydroxylation sites is 1. The van der Waals surface area contributed by atoms with Gasteiger partial charge in [0.2, 0.25) is 0 Å². The van der Waals surface area contributed by atoms with Crippen LogP contribution in [-0.2, 0) is 0 Å². The van der Waals surface area contributed by atoms with Crippen molar-refractivity contribution in [2.24, 2.45) is 0 Å². The molecule has 28 heavy (non-hydrogen) atoms. The van der Waals surface area contributed by atoms with Gasteiger partial charge in [0.15, 0.2) is 5.82 Å². The van der Waals surface area contributed by atoms with Gasteiger partial charge in [-0.15, -0.1) is 0 Å². The summed E-state index contributed by atoms with van der Waals surface area (Å²) < 4.78 is 0. The molecule has 4 aromatic rings. The average molecular weight is 369 g/mol. The maximum absolute atomic E-state index is 4.75. The first-order chi connectivity index (χ1) is 13.5. The molecule has 0 saturated heterocycles. The van der Waals surface area contributed by atoms with Gasteiger partial charge in [-0.2, -0.15) is 0 Å². The summed E-state index contributed by atoms with van der Waals surface area (Å²) in [6.45, 7) is 6.33. The molecule has 0 radical (unpaired) electrons. The highest BCUT2D eigenvalue weighted by molar-refractivity contribution is 5.91. The summed E-state index contributed by atoms with van der Waals surface area (Å²) in [7, 11) is 0. The molecule has 0 spiro atoms. The first-order valence-corrected chi connectivity index (χ1v) is 9.31. The van der Waals surface area contributed by atoms with Crippen LogP contribution in [0.25, 0.3) is 22.3 Å². The van der Waals surface area contributed by atoms with Crippen molar-refractivity contribution in [2.75, 3.05) is 10.6 Å². The fraction of sp³-hybridized carbons (Fsp3) is 0.174. The second-order valence-corrected chi connectivity index (χ2v) is 7.71. The number of pyridine rings is 1. The van der Waals surface area contributed by atoms with E-state index >= 15 is 0 Å². The summed E-state index contributed by atoms with van der Waals surface area (Å²) in [6, 6.07) is 22.0. The van der Waals surface area contributed by atoms with Crippen molar-refractivity contribution in [3.05, 3.63) is 72.9 Å². The highest BCUT2D eigenvalue weighted by Gasteiger charge is 2.14. The fourth-order valence-corrected chi connectivity index (χ4v) is 3.02. The van der Waals surface area contributed by atoms with Crippen LogP contribution in [0, 0.1) is 0 Å². The first-order valence-electron chi connectivity index (χ1n) is 9.31. The third kappa shape index (κ3) is 4.09. The molecule has 0 aliphatic carbocycles. The Labute approximate surface area is 164 Å². The molecule has 0 atom stereocenters. The number of hydrogen-bond donors (Lipinski definition) is 2. The van der Waals surface area contributed by atoms with E-state index in [9.17, 15) is 0 Å². The minimum atomic E-state index is -0.111. The summed E-state index contributed by atoms with van der Waals surface area (Å²) in [4.78, 5) is 14.0. The molecule has 4 rings (SSSR count). The SMILES string of the molecule is CC(C)(C)Nc1cc(Nc2cccc3cccnc23)nc(-c2ccccc2)n1. The van der Waals surface area contributed by atoms with Crippen LogP contribution in [0.1, 0.15) is 20.8 Å². The zero-order valence-electron chi connectivity index (χ0n) is 16.3. The third-order valence-corrected chi connectivity index (χ3v) is 4.16. The number of nitrogens with zero attached hydrogens (tertiary/aromatic N) is 3. The normalized spacial score (nSPS) is 11.4. The highest BCUT2D eigenvalue weighted by Crippen LogP contribution is 2.27. The van der Waals surface area contributed by atoms with Crippen molar-refractivity contribution in [2.45, 2.75) is 26.3 Å². The lowest BCUT2D eigenvalue weighted by molar-refractivity contribution is 0.630. The number of benzene rings is 2. The quantitative estimate of drug-likeness (QED) is 0.487. The second-order valence-electron chi connectivity index (χ2n) is 7.71. The molecule has 5 nitrogen and oxygen atoms in total. The number of aromatic nitrogens is 3. The van der Waals surface area contributed by atoms with Gasteiger partial charge in [0.05, 0.1) is 11.2 Å². The van der Waals surface area contributed by atoms with Gasteiger partial charge in [0.1, 0.15) is 11.6 Å². The summed E-state index contributed by atoms with van der Waals surface area (Å²) >= 11 is 0. The number of anilines is 3. The van der Waals surface area contributed by atoms with Gasteiger partial charge in [-0.1, -0.05) is 48.5 Å². The average Bonchev–Trinajstić information content (AvgIpc) is 2.67.